The molecule has 2 N–H and O–H groups in total. The van der Waals surface area contributed by atoms with Gasteiger partial charge in [-0.2, -0.15) is 0 Å². The Bertz CT molecular complexity index is 360. The molecule has 1 atom stereocenters. The molecule has 1 aromatic rings. The fourth-order valence-corrected chi connectivity index (χ4v) is 3.39. The van der Waals surface area contributed by atoms with Crippen LogP contribution < -0.4 is 5.73 Å². The first-order valence-electron chi connectivity index (χ1n) is 7.08. The lowest BCUT2D eigenvalue weighted by molar-refractivity contribution is 0.165. The lowest BCUT2D eigenvalue weighted by atomic mass is 10.1. The third kappa shape index (κ3) is 5.22. The standard InChI is InChI=1S/C15H29N3S/c1-12(2)11-18(8-7-17(4)5)14(10-16)15-13(3)6-9-19-15/h6,9,12,14H,7-8,10-11,16H2,1-5H3. The Morgan fingerprint density at radius 3 is 2.37 bits per heavy atom. The smallest absolute Gasteiger partial charge is 0.0567 e. The minimum absolute atomic E-state index is 0.363. The van der Waals surface area contributed by atoms with Crippen molar-refractivity contribution in [2.24, 2.45) is 11.7 Å². The second-order valence-corrected chi connectivity index (χ2v) is 6.86. The molecule has 0 saturated carbocycles. The molecule has 0 aliphatic carbocycles. The highest BCUT2D eigenvalue weighted by Gasteiger charge is 2.22. The summed E-state index contributed by atoms with van der Waals surface area (Å²) < 4.78 is 0. The number of nitrogens with zero attached hydrogens (tertiary/aromatic N) is 2. The maximum absolute atomic E-state index is 6.07. The van der Waals surface area contributed by atoms with Gasteiger partial charge in [-0.1, -0.05) is 13.8 Å². The topological polar surface area (TPSA) is 32.5 Å². The molecule has 0 spiro atoms. The summed E-state index contributed by atoms with van der Waals surface area (Å²) in [6.07, 6.45) is 0. The van der Waals surface area contributed by atoms with E-state index in [-0.39, 0.29) is 0 Å². The number of likely N-dealkylation sites (N-methyl/N-ethyl adjacent to an activating group) is 1. The Hall–Kier alpha value is -0.420. The van der Waals surface area contributed by atoms with E-state index in [1.54, 1.807) is 0 Å². The first kappa shape index (κ1) is 16.6. The van der Waals surface area contributed by atoms with E-state index in [4.69, 9.17) is 5.73 Å². The van der Waals surface area contributed by atoms with Gasteiger partial charge in [0, 0.05) is 31.1 Å². The molecule has 0 saturated heterocycles. The largest absolute Gasteiger partial charge is 0.329 e. The Labute approximate surface area is 122 Å². The van der Waals surface area contributed by atoms with Gasteiger partial charge in [0.15, 0.2) is 0 Å². The molecular formula is C15H29N3S. The van der Waals surface area contributed by atoms with Crippen molar-refractivity contribution in [2.75, 3.05) is 40.3 Å². The third-order valence-corrected chi connectivity index (χ3v) is 4.42. The second-order valence-electron chi connectivity index (χ2n) is 5.91. The van der Waals surface area contributed by atoms with Crippen LogP contribution in [-0.4, -0.2) is 50.1 Å². The molecule has 19 heavy (non-hydrogen) atoms. The van der Waals surface area contributed by atoms with Crippen LogP contribution in [0.2, 0.25) is 0 Å². The van der Waals surface area contributed by atoms with Crippen molar-refractivity contribution in [1.29, 1.82) is 0 Å². The van der Waals surface area contributed by atoms with E-state index in [2.05, 4.69) is 56.1 Å². The molecule has 0 radical (unpaired) electrons. The third-order valence-electron chi connectivity index (χ3n) is 3.30. The van der Waals surface area contributed by atoms with Gasteiger partial charge in [0.05, 0.1) is 6.04 Å². The Balaban J connectivity index is 2.83. The van der Waals surface area contributed by atoms with Crippen LogP contribution in [0, 0.1) is 12.8 Å². The van der Waals surface area contributed by atoms with Crippen molar-refractivity contribution < 1.29 is 0 Å². The number of nitrogens with two attached hydrogens (primary N) is 1. The molecule has 1 heterocycles. The highest BCUT2D eigenvalue weighted by molar-refractivity contribution is 7.10. The molecule has 0 aromatic carbocycles. The van der Waals surface area contributed by atoms with E-state index < -0.39 is 0 Å². The SMILES string of the molecule is Cc1ccsc1C(CN)N(CCN(C)C)CC(C)C. The minimum Gasteiger partial charge on any atom is -0.329 e. The Kier molecular flexibility index (Phi) is 7.00. The summed E-state index contributed by atoms with van der Waals surface area (Å²) >= 11 is 1.84. The van der Waals surface area contributed by atoms with Crippen LogP contribution in [0.1, 0.15) is 30.3 Å². The highest BCUT2D eigenvalue weighted by atomic mass is 32.1. The quantitative estimate of drug-likeness (QED) is 0.796. The van der Waals surface area contributed by atoms with E-state index in [0.29, 0.717) is 18.5 Å². The molecule has 0 amide bonds. The van der Waals surface area contributed by atoms with Gasteiger partial charge < -0.3 is 10.6 Å². The fraction of sp³-hybridized carbons (Fsp3) is 0.733. The van der Waals surface area contributed by atoms with E-state index in [1.165, 1.54) is 10.4 Å². The molecule has 4 heteroatoms. The average molecular weight is 283 g/mol. The summed E-state index contributed by atoms with van der Waals surface area (Å²) in [5.74, 6) is 0.663. The lowest BCUT2D eigenvalue weighted by Gasteiger charge is -2.33. The van der Waals surface area contributed by atoms with Crippen LogP contribution in [-0.2, 0) is 0 Å². The first-order chi connectivity index (χ1) is 8.95. The van der Waals surface area contributed by atoms with Gasteiger partial charge in [0.2, 0.25) is 0 Å². The van der Waals surface area contributed by atoms with Gasteiger partial charge in [-0.25, -0.2) is 0 Å². The summed E-state index contributed by atoms with van der Waals surface area (Å²) in [5, 5.41) is 2.17. The molecule has 1 rings (SSSR count). The van der Waals surface area contributed by atoms with Crippen molar-refractivity contribution in [1.82, 2.24) is 9.80 Å². The summed E-state index contributed by atoms with van der Waals surface area (Å²) in [5.41, 5.74) is 7.44. The number of rotatable bonds is 8. The van der Waals surface area contributed by atoms with Crippen molar-refractivity contribution in [3.63, 3.8) is 0 Å². The van der Waals surface area contributed by atoms with Crippen molar-refractivity contribution in [3.8, 4) is 0 Å². The monoisotopic (exact) mass is 283 g/mol. The maximum Gasteiger partial charge on any atom is 0.0567 e. The predicted octanol–water partition coefficient (Wildman–Crippen LogP) is 2.58. The van der Waals surface area contributed by atoms with E-state index in [9.17, 15) is 0 Å². The van der Waals surface area contributed by atoms with Gasteiger partial charge in [-0.05, 0) is 43.9 Å². The van der Waals surface area contributed by atoms with Crippen LogP contribution in [0.15, 0.2) is 11.4 Å². The fourth-order valence-electron chi connectivity index (χ4n) is 2.32. The normalized spacial score (nSPS) is 13.7. The zero-order chi connectivity index (χ0) is 14.4. The van der Waals surface area contributed by atoms with Crippen molar-refractivity contribution in [3.05, 3.63) is 21.9 Å². The molecule has 0 aliphatic heterocycles. The second kappa shape index (κ2) is 8.00. The number of hydrogen-bond donors (Lipinski definition) is 1. The summed E-state index contributed by atoms with van der Waals surface area (Å²) in [7, 11) is 4.25. The summed E-state index contributed by atoms with van der Waals surface area (Å²) in [4.78, 5) is 6.22. The van der Waals surface area contributed by atoms with Gasteiger partial charge in [-0.15, -0.1) is 11.3 Å². The van der Waals surface area contributed by atoms with Crippen LogP contribution >= 0.6 is 11.3 Å². The van der Waals surface area contributed by atoms with Crippen LogP contribution in [0.4, 0.5) is 0 Å². The van der Waals surface area contributed by atoms with Gasteiger partial charge in [0.25, 0.3) is 0 Å². The van der Waals surface area contributed by atoms with Crippen LogP contribution in [0.25, 0.3) is 0 Å². The molecule has 0 fully saturated rings. The molecular weight excluding hydrogens is 254 g/mol. The van der Waals surface area contributed by atoms with E-state index in [1.807, 2.05) is 11.3 Å². The zero-order valence-electron chi connectivity index (χ0n) is 13.0. The lowest BCUT2D eigenvalue weighted by Crippen LogP contribution is -2.40. The zero-order valence-corrected chi connectivity index (χ0v) is 13.8. The van der Waals surface area contributed by atoms with Gasteiger partial charge >= 0.3 is 0 Å². The average Bonchev–Trinajstić information content (AvgIpc) is 2.73. The molecule has 3 nitrogen and oxygen atoms in total. The minimum atomic E-state index is 0.363. The highest BCUT2D eigenvalue weighted by Crippen LogP contribution is 2.28. The van der Waals surface area contributed by atoms with Crippen LogP contribution in [0.3, 0.4) is 0 Å². The Morgan fingerprint density at radius 2 is 1.95 bits per heavy atom. The van der Waals surface area contributed by atoms with Gasteiger partial charge in [0.1, 0.15) is 0 Å². The molecule has 110 valence electrons. The predicted molar refractivity (Wildman–Crippen MR) is 85.8 cm³/mol. The number of aryl methyl sites for hydroxylation is 1. The molecule has 0 bridgehead atoms. The van der Waals surface area contributed by atoms with Crippen molar-refractivity contribution >= 4 is 11.3 Å². The van der Waals surface area contributed by atoms with Crippen molar-refractivity contribution in [2.45, 2.75) is 26.8 Å². The number of hydrogen-bond acceptors (Lipinski definition) is 4. The first-order valence-corrected chi connectivity index (χ1v) is 7.96. The summed E-state index contributed by atoms with van der Waals surface area (Å²) in [6.45, 7) is 10.7. The summed E-state index contributed by atoms with van der Waals surface area (Å²) in [6, 6.07) is 2.56. The van der Waals surface area contributed by atoms with E-state index >= 15 is 0 Å². The van der Waals surface area contributed by atoms with E-state index in [0.717, 1.165) is 19.6 Å². The maximum atomic E-state index is 6.07. The Morgan fingerprint density at radius 1 is 1.26 bits per heavy atom. The number of thiophene rings is 1. The van der Waals surface area contributed by atoms with Gasteiger partial charge in [-0.3, -0.25) is 4.90 Å². The molecule has 1 unspecified atom stereocenters. The molecule has 0 aliphatic rings. The molecule has 1 aromatic heterocycles. The van der Waals surface area contributed by atoms with Crippen LogP contribution in [0.5, 0.6) is 0 Å².